The van der Waals surface area contributed by atoms with Crippen molar-refractivity contribution in [2.24, 2.45) is 0 Å². The van der Waals surface area contributed by atoms with Gasteiger partial charge in [-0.1, -0.05) is 116 Å². The molecular formula is C18H2Cl10N2. The zero-order chi connectivity index (χ0) is 22.5. The fraction of sp³-hybridized carbons (Fsp3) is 0. The van der Waals surface area contributed by atoms with Crippen molar-refractivity contribution in [3.05, 3.63) is 68.1 Å². The number of hydrogen-bond acceptors (Lipinski definition) is 2. The number of aromatic nitrogens is 1. The maximum Gasteiger partial charge on any atom is 0.0999 e. The standard InChI is InChI=1S/C18H2Cl10N2/c19-9-7(10(20)14(24)17(27)13(9)23)5-3-30-6(1-4(5)2-29)8-11(21)15(25)18(28)16(26)12(8)22/h1,3H. The molecule has 1 heterocycles. The summed E-state index contributed by atoms with van der Waals surface area (Å²) < 4.78 is 0. The van der Waals surface area contributed by atoms with E-state index in [2.05, 4.69) is 4.98 Å². The van der Waals surface area contributed by atoms with Crippen LogP contribution in [0.15, 0.2) is 12.3 Å². The molecule has 0 fully saturated rings. The van der Waals surface area contributed by atoms with E-state index in [0.717, 1.165) is 0 Å². The fourth-order valence-electron chi connectivity index (χ4n) is 2.55. The first kappa shape index (κ1) is 24.6. The van der Waals surface area contributed by atoms with Crippen LogP contribution in [0.25, 0.3) is 22.4 Å². The summed E-state index contributed by atoms with van der Waals surface area (Å²) in [6.45, 7) is 0. The molecule has 0 N–H and O–H groups in total. The van der Waals surface area contributed by atoms with E-state index in [-0.39, 0.29) is 78.2 Å². The van der Waals surface area contributed by atoms with Crippen LogP contribution in [0, 0.1) is 11.3 Å². The second-order valence-corrected chi connectivity index (χ2v) is 9.40. The summed E-state index contributed by atoms with van der Waals surface area (Å²) in [5.74, 6) is 0. The molecule has 0 aliphatic rings. The van der Waals surface area contributed by atoms with Gasteiger partial charge in [-0.2, -0.15) is 5.26 Å². The molecule has 0 aliphatic carbocycles. The molecule has 1 aromatic heterocycles. The van der Waals surface area contributed by atoms with Crippen molar-refractivity contribution in [3.63, 3.8) is 0 Å². The summed E-state index contributed by atoms with van der Waals surface area (Å²) >= 11 is 61.8. The van der Waals surface area contributed by atoms with E-state index in [9.17, 15) is 5.26 Å². The number of nitrogens with zero attached hydrogens (tertiary/aromatic N) is 2. The fourth-order valence-corrected chi connectivity index (χ4v) is 5.23. The molecule has 0 saturated carbocycles. The molecule has 0 radical (unpaired) electrons. The van der Waals surface area contributed by atoms with Crippen LogP contribution in [-0.2, 0) is 0 Å². The van der Waals surface area contributed by atoms with Gasteiger partial charge in [-0.3, -0.25) is 4.98 Å². The van der Waals surface area contributed by atoms with Crippen molar-refractivity contribution in [1.82, 2.24) is 4.98 Å². The number of hydrogen-bond donors (Lipinski definition) is 0. The smallest absolute Gasteiger partial charge is 0.0999 e. The molecule has 0 saturated heterocycles. The van der Waals surface area contributed by atoms with E-state index in [1.54, 1.807) is 0 Å². The molecule has 3 rings (SSSR count). The predicted octanol–water partition coefficient (Wildman–Crippen LogP) is 10.8. The molecule has 154 valence electrons. The van der Waals surface area contributed by atoms with Gasteiger partial charge in [0.05, 0.1) is 67.6 Å². The summed E-state index contributed by atoms with van der Waals surface area (Å²) in [5, 5.41) is 9.73. The number of rotatable bonds is 2. The second-order valence-electron chi connectivity index (χ2n) is 5.62. The normalized spacial score (nSPS) is 11.0. The Hall–Kier alpha value is -0.0200. The highest BCUT2D eigenvalue weighted by Crippen LogP contribution is 2.50. The topological polar surface area (TPSA) is 36.7 Å². The molecule has 3 aromatic rings. The van der Waals surface area contributed by atoms with Crippen LogP contribution in [0.1, 0.15) is 5.56 Å². The minimum absolute atomic E-state index is 0.00165. The van der Waals surface area contributed by atoms with Crippen molar-refractivity contribution in [2.45, 2.75) is 0 Å². The molecule has 2 nitrogen and oxygen atoms in total. The first-order valence-electron chi connectivity index (χ1n) is 7.46. The van der Waals surface area contributed by atoms with E-state index in [0.29, 0.717) is 0 Å². The first-order valence-corrected chi connectivity index (χ1v) is 11.2. The lowest BCUT2D eigenvalue weighted by atomic mass is 10.00. The maximum absolute atomic E-state index is 9.72. The van der Waals surface area contributed by atoms with Crippen LogP contribution in [0.2, 0.25) is 50.2 Å². The van der Waals surface area contributed by atoms with Gasteiger partial charge in [0.25, 0.3) is 0 Å². The molecule has 0 atom stereocenters. The lowest BCUT2D eigenvalue weighted by Crippen LogP contribution is -1.95. The first-order chi connectivity index (χ1) is 14.0. The van der Waals surface area contributed by atoms with Crippen molar-refractivity contribution < 1.29 is 0 Å². The number of benzene rings is 2. The van der Waals surface area contributed by atoms with Gasteiger partial charge in [-0.05, 0) is 6.07 Å². The van der Waals surface area contributed by atoms with Crippen molar-refractivity contribution in [1.29, 1.82) is 5.26 Å². The van der Waals surface area contributed by atoms with Crippen molar-refractivity contribution in [2.75, 3.05) is 0 Å². The van der Waals surface area contributed by atoms with Crippen LogP contribution in [-0.4, -0.2) is 4.98 Å². The second kappa shape index (κ2) is 9.46. The van der Waals surface area contributed by atoms with Gasteiger partial charge in [0.1, 0.15) is 0 Å². The van der Waals surface area contributed by atoms with Crippen molar-refractivity contribution >= 4 is 116 Å². The van der Waals surface area contributed by atoms with Gasteiger partial charge >= 0.3 is 0 Å². The number of pyridine rings is 1. The van der Waals surface area contributed by atoms with Crippen LogP contribution in [0.4, 0.5) is 0 Å². The highest BCUT2D eigenvalue weighted by molar-refractivity contribution is 6.57. The van der Waals surface area contributed by atoms with E-state index in [1.807, 2.05) is 6.07 Å². The summed E-state index contributed by atoms with van der Waals surface area (Å²) in [4.78, 5) is 4.31. The third-order valence-corrected chi connectivity index (χ3v) is 8.52. The Labute approximate surface area is 221 Å². The lowest BCUT2D eigenvalue weighted by Gasteiger charge is -2.15. The third kappa shape index (κ3) is 4.04. The summed E-state index contributed by atoms with van der Waals surface area (Å²) in [5.41, 5.74) is 0.981. The summed E-state index contributed by atoms with van der Waals surface area (Å²) in [6.07, 6.45) is 1.34. The highest BCUT2D eigenvalue weighted by atomic mass is 35.5. The van der Waals surface area contributed by atoms with Gasteiger partial charge in [-0.25, -0.2) is 0 Å². The molecule has 0 unspecified atom stereocenters. The maximum atomic E-state index is 9.72. The molecule has 2 aromatic carbocycles. The Balaban J connectivity index is 2.33. The molecular weight excluding hydrogens is 599 g/mol. The van der Waals surface area contributed by atoms with E-state index >= 15 is 0 Å². The monoisotopic (exact) mass is 596 g/mol. The van der Waals surface area contributed by atoms with Gasteiger partial charge in [-0.15, -0.1) is 0 Å². The lowest BCUT2D eigenvalue weighted by molar-refractivity contribution is 1.31. The number of halogens is 10. The zero-order valence-corrected chi connectivity index (χ0v) is 21.4. The van der Waals surface area contributed by atoms with Crippen LogP contribution in [0.5, 0.6) is 0 Å². The minimum atomic E-state index is -0.0157. The Morgan fingerprint density at radius 1 is 0.567 bits per heavy atom. The minimum Gasteiger partial charge on any atom is -0.255 e. The van der Waals surface area contributed by atoms with Crippen LogP contribution in [0.3, 0.4) is 0 Å². The summed E-state index contributed by atoms with van der Waals surface area (Å²) in [7, 11) is 0. The zero-order valence-electron chi connectivity index (χ0n) is 13.8. The molecule has 12 heteroatoms. The third-order valence-electron chi connectivity index (χ3n) is 3.97. The highest BCUT2D eigenvalue weighted by Gasteiger charge is 2.25. The molecule has 0 aliphatic heterocycles. The van der Waals surface area contributed by atoms with Crippen LogP contribution >= 0.6 is 116 Å². The quantitative estimate of drug-likeness (QED) is 0.217. The molecule has 0 bridgehead atoms. The Kier molecular flexibility index (Phi) is 7.76. The van der Waals surface area contributed by atoms with Gasteiger partial charge < -0.3 is 0 Å². The van der Waals surface area contributed by atoms with Gasteiger partial charge in [0.15, 0.2) is 0 Å². The van der Waals surface area contributed by atoms with E-state index < -0.39 is 0 Å². The predicted molar refractivity (Wildman–Crippen MR) is 130 cm³/mol. The van der Waals surface area contributed by atoms with Gasteiger partial charge in [0, 0.05) is 22.9 Å². The molecule has 0 spiro atoms. The Morgan fingerprint density at radius 3 is 1.33 bits per heavy atom. The SMILES string of the molecule is N#Cc1cc(-c2c(Cl)c(Cl)c(Cl)c(Cl)c2Cl)ncc1-c1c(Cl)c(Cl)c(Cl)c(Cl)c1Cl. The Bertz CT molecular complexity index is 1210. The van der Waals surface area contributed by atoms with E-state index in [1.165, 1.54) is 12.3 Å². The average molecular weight is 601 g/mol. The molecule has 30 heavy (non-hydrogen) atoms. The van der Waals surface area contributed by atoms with E-state index in [4.69, 9.17) is 116 Å². The van der Waals surface area contributed by atoms with Crippen molar-refractivity contribution in [3.8, 4) is 28.5 Å². The molecule has 0 amide bonds. The van der Waals surface area contributed by atoms with Crippen LogP contribution < -0.4 is 0 Å². The number of nitriles is 1. The largest absolute Gasteiger partial charge is 0.255 e. The summed E-state index contributed by atoms with van der Waals surface area (Å²) in [6, 6.07) is 3.45. The Morgan fingerprint density at radius 2 is 0.933 bits per heavy atom. The average Bonchev–Trinajstić information content (AvgIpc) is 2.74. The van der Waals surface area contributed by atoms with Gasteiger partial charge in [0.2, 0.25) is 0 Å².